The molecule has 5 heteroatoms. The first-order valence-electron chi connectivity index (χ1n) is 6.71. The highest BCUT2D eigenvalue weighted by Crippen LogP contribution is 2.29. The van der Waals surface area contributed by atoms with Crippen LogP contribution in [0.1, 0.15) is 18.1 Å². The molecule has 3 aromatic rings. The van der Waals surface area contributed by atoms with Crippen LogP contribution < -0.4 is 5.32 Å². The zero-order valence-corrected chi connectivity index (χ0v) is 11.9. The van der Waals surface area contributed by atoms with Gasteiger partial charge in [0.05, 0.1) is 17.3 Å². The minimum absolute atomic E-state index is 0.624. The average Bonchev–Trinajstić information content (AvgIpc) is 2.86. The second-order valence-electron chi connectivity index (χ2n) is 4.88. The molecule has 0 aliphatic rings. The number of rotatable bonds is 3. The van der Waals surface area contributed by atoms with E-state index in [-0.39, 0.29) is 0 Å². The third-order valence-corrected chi connectivity index (χ3v) is 3.28. The van der Waals surface area contributed by atoms with Gasteiger partial charge >= 0.3 is 0 Å². The second-order valence-corrected chi connectivity index (χ2v) is 4.88. The maximum atomic E-state index is 4.64. The Bertz CT molecular complexity index is 760. The number of aromatic nitrogens is 4. The van der Waals surface area contributed by atoms with E-state index in [0.29, 0.717) is 5.95 Å². The normalized spacial score (nSPS) is 10.9. The molecule has 1 aromatic carbocycles. The summed E-state index contributed by atoms with van der Waals surface area (Å²) in [5.74, 6) is 0.624. The summed E-state index contributed by atoms with van der Waals surface area (Å²) in [6, 6.07) is 6.37. The molecule has 3 rings (SSSR count). The number of nitrogens with zero attached hydrogens (tertiary/aromatic N) is 3. The van der Waals surface area contributed by atoms with Gasteiger partial charge in [-0.15, -0.1) is 0 Å². The van der Waals surface area contributed by atoms with Crippen LogP contribution in [0.2, 0.25) is 0 Å². The van der Waals surface area contributed by atoms with Crippen LogP contribution in [0, 0.1) is 13.8 Å². The summed E-state index contributed by atoms with van der Waals surface area (Å²) in [6.07, 6.45) is 1.78. The molecule has 0 saturated heterocycles. The van der Waals surface area contributed by atoms with Crippen molar-refractivity contribution in [1.29, 1.82) is 0 Å². The van der Waals surface area contributed by atoms with E-state index < -0.39 is 0 Å². The Morgan fingerprint density at radius 1 is 1.20 bits per heavy atom. The van der Waals surface area contributed by atoms with Crippen LogP contribution >= 0.6 is 0 Å². The molecule has 2 heterocycles. The standard InChI is InChI=1S/C15H17N5/c1-4-16-15-18-13(12-8-17-20-14(12)19-15)11-6-5-9(2)7-10(11)3/h5-8H,4H2,1-3H3,(H2,16,17,18,19,20). The number of aromatic amines is 1. The maximum absolute atomic E-state index is 4.64. The SMILES string of the molecule is CCNc1nc(-c2ccc(C)cc2C)c2cn[nH]c2n1. The molecule has 0 saturated carbocycles. The number of anilines is 1. The molecule has 102 valence electrons. The maximum Gasteiger partial charge on any atom is 0.225 e. The van der Waals surface area contributed by atoms with E-state index in [9.17, 15) is 0 Å². The smallest absolute Gasteiger partial charge is 0.225 e. The van der Waals surface area contributed by atoms with Crippen molar-refractivity contribution in [2.75, 3.05) is 11.9 Å². The Labute approximate surface area is 117 Å². The number of hydrogen-bond acceptors (Lipinski definition) is 4. The van der Waals surface area contributed by atoms with Crippen molar-refractivity contribution in [2.45, 2.75) is 20.8 Å². The molecular formula is C15H17N5. The number of aryl methyl sites for hydroxylation is 2. The summed E-state index contributed by atoms with van der Waals surface area (Å²) < 4.78 is 0. The van der Waals surface area contributed by atoms with Gasteiger partial charge < -0.3 is 5.32 Å². The number of hydrogen-bond donors (Lipinski definition) is 2. The van der Waals surface area contributed by atoms with Crippen molar-refractivity contribution in [3.63, 3.8) is 0 Å². The summed E-state index contributed by atoms with van der Waals surface area (Å²) in [5, 5.41) is 11.1. The van der Waals surface area contributed by atoms with Gasteiger partial charge in [-0.3, -0.25) is 5.10 Å². The summed E-state index contributed by atoms with van der Waals surface area (Å²) in [7, 11) is 0. The van der Waals surface area contributed by atoms with Crippen molar-refractivity contribution in [3.05, 3.63) is 35.5 Å². The van der Waals surface area contributed by atoms with Crippen molar-refractivity contribution >= 4 is 17.0 Å². The van der Waals surface area contributed by atoms with E-state index in [2.05, 4.69) is 57.5 Å². The van der Waals surface area contributed by atoms with E-state index in [1.165, 1.54) is 11.1 Å². The fraction of sp³-hybridized carbons (Fsp3) is 0.267. The van der Waals surface area contributed by atoms with Crippen molar-refractivity contribution in [1.82, 2.24) is 20.2 Å². The predicted octanol–water partition coefficient (Wildman–Crippen LogP) is 3.07. The zero-order valence-electron chi connectivity index (χ0n) is 11.9. The first-order chi connectivity index (χ1) is 9.69. The molecule has 20 heavy (non-hydrogen) atoms. The first-order valence-corrected chi connectivity index (χ1v) is 6.71. The third kappa shape index (κ3) is 2.11. The minimum Gasteiger partial charge on any atom is -0.354 e. The lowest BCUT2D eigenvalue weighted by Crippen LogP contribution is -2.03. The van der Waals surface area contributed by atoms with Crippen LogP contribution in [0.4, 0.5) is 5.95 Å². The molecule has 0 amide bonds. The summed E-state index contributed by atoms with van der Waals surface area (Å²) in [5.41, 5.74) is 5.23. The highest BCUT2D eigenvalue weighted by Gasteiger charge is 2.12. The highest BCUT2D eigenvalue weighted by atomic mass is 15.2. The van der Waals surface area contributed by atoms with Gasteiger partial charge in [0.2, 0.25) is 5.95 Å². The largest absolute Gasteiger partial charge is 0.354 e. The fourth-order valence-electron chi connectivity index (χ4n) is 2.36. The summed E-state index contributed by atoms with van der Waals surface area (Å²) >= 11 is 0. The number of H-pyrrole nitrogens is 1. The second kappa shape index (κ2) is 4.92. The molecule has 2 N–H and O–H groups in total. The van der Waals surface area contributed by atoms with Crippen LogP contribution in [0.3, 0.4) is 0 Å². The van der Waals surface area contributed by atoms with Crippen LogP contribution in [-0.2, 0) is 0 Å². The van der Waals surface area contributed by atoms with Gasteiger partial charge in [0.1, 0.15) is 0 Å². The first kappa shape index (κ1) is 12.6. The minimum atomic E-state index is 0.624. The third-order valence-electron chi connectivity index (χ3n) is 3.28. The fourth-order valence-corrected chi connectivity index (χ4v) is 2.36. The molecule has 5 nitrogen and oxygen atoms in total. The van der Waals surface area contributed by atoms with Crippen LogP contribution in [0.25, 0.3) is 22.3 Å². The van der Waals surface area contributed by atoms with Gasteiger partial charge in [0.15, 0.2) is 5.65 Å². The van der Waals surface area contributed by atoms with E-state index >= 15 is 0 Å². The molecule has 0 aliphatic heterocycles. The number of nitrogens with one attached hydrogen (secondary N) is 2. The van der Waals surface area contributed by atoms with Gasteiger partial charge in [-0.2, -0.15) is 10.1 Å². The molecule has 0 unspecified atom stereocenters. The molecular weight excluding hydrogens is 250 g/mol. The average molecular weight is 267 g/mol. The van der Waals surface area contributed by atoms with Crippen molar-refractivity contribution in [2.24, 2.45) is 0 Å². The van der Waals surface area contributed by atoms with Gasteiger partial charge in [0, 0.05) is 12.1 Å². The van der Waals surface area contributed by atoms with Gasteiger partial charge in [-0.25, -0.2) is 4.98 Å². The molecule has 0 radical (unpaired) electrons. The van der Waals surface area contributed by atoms with Crippen LogP contribution in [-0.4, -0.2) is 26.7 Å². The lowest BCUT2D eigenvalue weighted by atomic mass is 10.0. The van der Waals surface area contributed by atoms with E-state index in [1.54, 1.807) is 6.20 Å². The Morgan fingerprint density at radius 3 is 2.80 bits per heavy atom. The quantitative estimate of drug-likeness (QED) is 0.765. The molecule has 0 bridgehead atoms. The van der Waals surface area contributed by atoms with Crippen LogP contribution in [0.5, 0.6) is 0 Å². The predicted molar refractivity (Wildman–Crippen MR) is 80.8 cm³/mol. The summed E-state index contributed by atoms with van der Waals surface area (Å²) in [4.78, 5) is 9.06. The Kier molecular flexibility index (Phi) is 3.10. The highest BCUT2D eigenvalue weighted by molar-refractivity contribution is 5.91. The van der Waals surface area contributed by atoms with Gasteiger partial charge in [-0.1, -0.05) is 23.8 Å². The zero-order chi connectivity index (χ0) is 14.1. The lowest BCUT2D eigenvalue weighted by molar-refractivity contribution is 1.07. The van der Waals surface area contributed by atoms with Gasteiger partial charge in [0.25, 0.3) is 0 Å². The summed E-state index contributed by atoms with van der Waals surface area (Å²) in [6.45, 7) is 7.00. The van der Waals surface area contributed by atoms with Gasteiger partial charge in [-0.05, 0) is 26.3 Å². The molecule has 0 atom stereocenters. The van der Waals surface area contributed by atoms with Crippen molar-refractivity contribution < 1.29 is 0 Å². The monoisotopic (exact) mass is 267 g/mol. The number of fused-ring (bicyclic) bond motifs is 1. The van der Waals surface area contributed by atoms with E-state index in [4.69, 9.17) is 0 Å². The molecule has 2 aromatic heterocycles. The Balaban J connectivity index is 2.25. The molecule has 0 spiro atoms. The lowest BCUT2D eigenvalue weighted by Gasteiger charge is -2.09. The number of benzene rings is 1. The van der Waals surface area contributed by atoms with Crippen LogP contribution in [0.15, 0.2) is 24.4 Å². The molecule has 0 fully saturated rings. The van der Waals surface area contributed by atoms with E-state index in [1.807, 2.05) is 6.92 Å². The van der Waals surface area contributed by atoms with Crippen molar-refractivity contribution in [3.8, 4) is 11.3 Å². The Hall–Kier alpha value is -2.43. The molecule has 0 aliphatic carbocycles. The topological polar surface area (TPSA) is 66.5 Å². The Morgan fingerprint density at radius 2 is 2.05 bits per heavy atom. The van der Waals surface area contributed by atoms with E-state index in [0.717, 1.165) is 28.8 Å².